The Morgan fingerprint density at radius 3 is 2.38 bits per heavy atom. The van der Waals surface area contributed by atoms with Gasteiger partial charge in [-0.2, -0.15) is 0 Å². The van der Waals surface area contributed by atoms with E-state index >= 15 is 0 Å². The van der Waals surface area contributed by atoms with Gasteiger partial charge in [-0.1, -0.05) is 18.2 Å². The van der Waals surface area contributed by atoms with E-state index in [9.17, 15) is 13.7 Å². The minimum absolute atomic E-state index is 0.161. The maximum absolute atomic E-state index is 14.4. The van der Waals surface area contributed by atoms with Crippen LogP contribution in [0.25, 0.3) is 0 Å². The van der Waals surface area contributed by atoms with Crippen LogP contribution in [-0.2, 0) is 31.2 Å². The van der Waals surface area contributed by atoms with Crippen molar-refractivity contribution in [2.45, 2.75) is 51.0 Å². The molecule has 0 bridgehead atoms. The average Bonchev–Trinajstić information content (AvgIpc) is 2.47. The summed E-state index contributed by atoms with van der Waals surface area (Å²) in [5.41, 5.74) is -1.19. The Labute approximate surface area is 146 Å². The van der Waals surface area contributed by atoms with Crippen molar-refractivity contribution in [1.82, 2.24) is 4.72 Å². The smallest absolute Gasteiger partial charge is 0.337 e. The van der Waals surface area contributed by atoms with Gasteiger partial charge in [0.1, 0.15) is 16.1 Å². The van der Waals surface area contributed by atoms with Crippen molar-refractivity contribution in [3.05, 3.63) is 35.6 Å². The number of carbonyl (C=O) groups is 1. The van der Waals surface area contributed by atoms with Crippen LogP contribution >= 0.6 is 0 Å². The molecule has 1 rings (SSSR count). The predicted octanol–water partition coefficient (Wildman–Crippen LogP) is 2.67. The number of halogens is 1. The Kier molecular flexibility index (Phi) is 7.22. The van der Waals surface area contributed by atoms with Crippen LogP contribution in [0, 0.1) is 5.82 Å². The maximum atomic E-state index is 14.4. The Morgan fingerprint density at radius 1 is 1.33 bits per heavy atom. The lowest BCUT2D eigenvalue weighted by atomic mass is 9.86. The van der Waals surface area contributed by atoms with E-state index in [1.54, 1.807) is 46.8 Å². The van der Waals surface area contributed by atoms with Crippen LogP contribution in [0.4, 0.5) is 4.39 Å². The lowest BCUT2D eigenvalue weighted by molar-refractivity contribution is -0.159. The van der Waals surface area contributed by atoms with Gasteiger partial charge in [-0.25, -0.2) is 9.18 Å². The number of hydrogen-bond donors (Lipinski definition) is 1. The summed E-state index contributed by atoms with van der Waals surface area (Å²) in [7, 11) is 1.34. The number of nitrogens with one attached hydrogen (secondary N) is 1. The van der Waals surface area contributed by atoms with E-state index in [4.69, 9.17) is 9.47 Å². The summed E-state index contributed by atoms with van der Waals surface area (Å²) in [6, 6.07) is 6.02. The molecule has 0 aliphatic heterocycles. The van der Waals surface area contributed by atoms with E-state index in [0.29, 0.717) is 0 Å². The van der Waals surface area contributed by atoms with Gasteiger partial charge in [-0.15, -0.1) is 4.72 Å². The van der Waals surface area contributed by atoms with E-state index in [0.717, 1.165) is 0 Å². The highest BCUT2D eigenvalue weighted by atomic mass is 32.2. The third kappa shape index (κ3) is 4.69. The molecular weight excluding hydrogens is 333 g/mol. The Bertz CT molecular complexity index is 564. The average molecular weight is 359 g/mol. The number of rotatable bonds is 7. The maximum Gasteiger partial charge on any atom is 0.337 e. The van der Waals surface area contributed by atoms with Crippen LogP contribution in [0.3, 0.4) is 0 Å². The molecular formula is C17H26FNO4S. The van der Waals surface area contributed by atoms with Crippen LogP contribution in [-0.4, -0.2) is 35.1 Å². The Morgan fingerprint density at radius 2 is 1.92 bits per heavy atom. The van der Waals surface area contributed by atoms with Crippen LogP contribution in [0.5, 0.6) is 0 Å². The fourth-order valence-electron chi connectivity index (χ4n) is 2.26. The van der Waals surface area contributed by atoms with E-state index in [1.165, 1.54) is 19.2 Å². The first kappa shape index (κ1) is 20.9. The topological polar surface area (TPSA) is 70.6 Å². The normalized spacial score (nSPS) is 17.0. The van der Waals surface area contributed by atoms with Gasteiger partial charge >= 0.3 is 5.97 Å². The molecule has 1 aromatic carbocycles. The van der Waals surface area contributed by atoms with Crippen molar-refractivity contribution < 1.29 is 23.2 Å². The van der Waals surface area contributed by atoms with Gasteiger partial charge in [-0.3, -0.25) is 0 Å². The van der Waals surface area contributed by atoms with Crippen LogP contribution in [0.1, 0.15) is 40.2 Å². The van der Waals surface area contributed by atoms with E-state index in [2.05, 4.69) is 4.72 Å². The Hall–Kier alpha value is -1.15. The number of ether oxygens (including phenoxy) is 2. The minimum atomic E-state index is -1.56. The molecule has 1 unspecified atom stereocenters. The first-order valence-corrected chi connectivity index (χ1v) is 8.87. The zero-order chi connectivity index (χ0) is 18.5. The van der Waals surface area contributed by atoms with Gasteiger partial charge in [0.05, 0.1) is 6.61 Å². The van der Waals surface area contributed by atoms with Crippen molar-refractivity contribution in [2.75, 3.05) is 13.7 Å². The molecule has 0 amide bonds. The fourth-order valence-corrected chi connectivity index (χ4v) is 3.17. The first-order valence-electron chi connectivity index (χ1n) is 7.72. The first-order chi connectivity index (χ1) is 11.1. The zero-order valence-corrected chi connectivity index (χ0v) is 15.8. The monoisotopic (exact) mass is 359 g/mol. The second kappa shape index (κ2) is 8.29. The molecule has 0 aromatic heterocycles. The second-order valence-electron chi connectivity index (χ2n) is 6.53. The second-order valence-corrected chi connectivity index (χ2v) is 8.50. The molecule has 5 nitrogen and oxygen atoms in total. The number of hydrogen-bond acceptors (Lipinski definition) is 5. The summed E-state index contributed by atoms with van der Waals surface area (Å²) in [6.45, 7) is 8.76. The molecule has 0 aliphatic carbocycles. The summed E-state index contributed by atoms with van der Waals surface area (Å²) in [5, 5.41) is 0. The summed E-state index contributed by atoms with van der Waals surface area (Å²) in [6.07, 6.45) is -1.17. The third-order valence-corrected chi connectivity index (χ3v) is 5.28. The lowest BCUT2D eigenvalue weighted by Gasteiger charge is -2.38. The molecule has 1 N–H and O–H groups in total. The fraction of sp³-hybridized carbons (Fsp3) is 0.588. The van der Waals surface area contributed by atoms with Gasteiger partial charge in [0.15, 0.2) is 6.10 Å². The molecule has 0 saturated carbocycles. The van der Waals surface area contributed by atoms with E-state index in [1.807, 2.05) is 0 Å². The highest BCUT2D eigenvalue weighted by molar-refractivity contribution is 7.90. The number of methoxy groups -OCH3 is 1. The molecule has 136 valence electrons. The highest BCUT2D eigenvalue weighted by Gasteiger charge is 2.48. The molecule has 7 heteroatoms. The minimum Gasteiger partial charge on any atom is -0.598 e. The third-order valence-electron chi connectivity index (χ3n) is 3.56. The van der Waals surface area contributed by atoms with Gasteiger partial charge < -0.3 is 14.0 Å². The van der Waals surface area contributed by atoms with Crippen molar-refractivity contribution in [3.8, 4) is 0 Å². The summed E-state index contributed by atoms with van der Waals surface area (Å²) >= 11 is -1.56. The molecule has 0 spiro atoms. The summed E-state index contributed by atoms with van der Waals surface area (Å²) < 4.78 is 39.7. The highest BCUT2D eigenvalue weighted by Crippen LogP contribution is 2.32. The number of esters is 1. The number of carbonyl (C=O) groups excluding carboxylic acids is 1. The number of benzene rings is 1. The zero-order valence-electron chi connectivity index (χ0n) is 15.0. The van der Waals surface area contributed by atoms with Gasteiger partial charge in [0.25, 0.3) is 0 Å². The molecule has 3 atom stereocenters. The Balaban J connectivity index is 3.40. The SMILES string of the molecule is CCOC(=O)[C@H](OC)[C@](C)(N[S+]([O-])C(C)(C)C)c1ccccc1F. The van der Waals surface area contributed by atoms with Crippen molar-refractivity contribution in [1.29, 1.82) is 0 Å². The summed E-state index contributed by atoms with van der Waals surface area (Å²) in [4.78, 5) is 12.3. The van der Waals surface area contributed by atoms with Gasteiger partial charge in [0.2, 0.25) is 0 Å². The predicted molar refractivity (Wildman–Crippen MR) is 92.2 cm³/mol. The van der Waals surface area contributed by atoms with Crippen LogP contribution in [0.2, 0.25) is 0 Å². The largest absolute Gasteiger partial charge is 0.598 e. The van der Waals surface area contributed by atoms with Gasteiger partial charge in [-0.05, 0) is 40.7 Å². The molecule has 1 aromatic rings. The molecule has 24 heavy (non-hydrogen) atoms. The van der Waals surface area contributed by atoms with Crippen LogP contribution < -0.4 is 4.72 Å². The lowest BCUT2D eigenvalue weighted by Crippen LogP contribution is -2.59. The van der Waals surface area contributed by atoms with Crippen LogP contribution in [0.15, 0.2) is 24.3 Å². The van der Waals surface area contributed by atoms with E-state index < -0.39 is 39.5 Å². The summed E-state index contributed by atoms with van der Waals surface area (Å²) in [5.74, 6) is -1.17. The molecule has 0 fully saturated rings. The molecule has 0 aliphatic rings. The van der Waals surface area contributed by atoms with Crippen molar-refractivity contribution >= 4 is 17.3 Å². The molecule has 0 radical (unpaired) electrons. The molecule has 0 heterocycles. The van der Waals surface area contributed by atoms with E-state index in [-0.39, 0.29) is 12.2 Å². The standard InChI is InChI=1S/C17H26FNO4S/c1-7-23-15(20)14(22-6)17(5,19-24(21)16(2,3)4)12-10-8-9-11-13(12)18/h8-11,14,19H,7H2,1-6H3/t14-,17+,24?/m0/s1. The van der Waals surface area contributed by atoms with Gasteiger partial charge in [0, 0.05) is 24.0 Å². The quantitative estimate of drug-likeness (QED) is 0.599. The van der Waals surface area contributed by atoms with Crippen molar-refractivity contribution in [3.63, 3.8) is 0 Å². The molecule has 0 saturated heterocycles. The van der Waals surface area contributed by atoms with Crippen molar-refractivity contribution in [2.24, 2.45) is 0 Å².